The molecule has 4 aromatic carbocycles. The Hall–Kier alpha value is -3.96. The van der Waals surface area contributed by atoms with Crippen molar-refractivity contribution in [3.63, 3.8) is 0 Å². The van der Waals surface area contributed by atoms with Crippen LogP contribution in [-0.4, -0.2) is 15.7 Å². The Labute approximate surface area is 197 Å². The predicted octanol–water partition coefficient (Wildman–Crippen LogP) is 5.72. The van der Waals surface area contributed by atoms with Crippen LogP contribution in [0.1, 0.15) is 24.5 Å². The van der Waals surface area contributed by atoms with Crippen LogP contribution in [-0.2, 0) is 11.3 Å². The molecule has 5 heteroatoms. The van der Waals surface area contributed by atoms with Gasteiger partial charge in [-0.25, -0.2) is 4.98 Å². The molecule has 6 rings (SSSR count). The highest BCUT2D eigenvalue weighted by Crippen LogP contribution is 2.35. The number of rotatable bonds is 4. The molecule has 34 heavy (non-hydrogen) atoms. The lowest BCUT2D eigenvalue weighted by Gasteiger charge is -2.17. The Morgan fingerprint density at radius 2 is 1.65 bits per heavy atom. The van der Waals surface area contributed by atoms with Gasteiger partial charge in [-0.1, -0.05) is 72.8 Å². The lowest BCUT2D eigenvalue weighted by Crippen LogP contribution is -2.29. The molecule has 1 aromatic heterocycles. The second-order valence-electron chi connectivity index (χ2n) is 8.91. The molecular weight excluding hydrogens is 422 g/mol. The van der Waals surface area contributed by atoms with E-state index in [0.29, 0.717) is 17.4 Å². The third-order valence-corrected chi connectivity index (χ3v) is 6.73. The van der Waals surface area contributed by atoms with Gasteiger partial charge in [0.05, 0.1) is 29.7 Å². The van der Waals surface area contributed by atoms with E-state index in [4.69, 9.17) is 10.5 Å². The van der Waals surface area contributed by atoms with Crippen molar-refractivity contribution in [2.45, 2.75) is 31.6 Å². The van der Waals surface area contributed by atoms with Crippen LogP contribution in [0, 0.1) is 0 Å². The SMILES string of the molecule is Nc1nc2cc(-c3ccccc3)ccc2c(=O)n1C[C@@H]1CC[C@H](c2ccc3ccccc3c2)O1. The first kappa shape index (κ1) is 20.6. The number of nitrogens with zero attached hydrogens (tertiary/aromatic N) is 2. The molecule has 0 bridgehead atoms. The summed E-state index contributed by atoms with van der Waals surface area (Å²) in [5.41, 5.74) is 10.0. The Balaban J connectivity index is 1.25. The first-order valence-corrected chi connectivity index (χ1v) is 11.7. The number of hydrogen-bond donors (Lipinski definition) is 1. The van der Waals surface area contributed by atoms with Crippen LogP contribution >= 0.6 is 0 Å². The van der Waals surface area contributed by atoms with Gasteiger partial charge in [0.15, 0.2) is 0 Å². The zero-order valence-corrected chi connectivity index (χ0v) is 18.7. The molecule has 1 fully saturated rings. The van der Waals surface area contributed by atoms with Crippen LogP contribution in [0.25, 0.3) is 32.8 Å². The molecule has 1 aliphatic rings. The minimum atomic E-state index is -0.125. The average molecular weight is 448 g/mol. The molecule has 5 aromatic rings. The summed E-state index contributed by atoms with van der Waals surface area (Å²) in [6, 6.07) is 30.6. The van der Waals surface area contributed by atoms with E-state index < -0.39 is 0 Å². The van der Waals surface area contributed by atoms with Gasteiger partial charge in [-0.2, -0.15) is 0 Å². The molecule has 1 aliphatic heterocycles. The van der Waals surface area contributed by atoms with Crippen molar-refractivity contribution in [3.8, 4) is 11.1 Å². The fourth-order valence-electron chi connectivity index (χ4n) is 4.92. The van der Waals surface area contributed by atoms with Gasteiger partial charge in [-0.05, 0) is 58.5 Å². The van der Waals surface area contributed by atoms with Crippen LogP contribution in [0.5, 0.6) is 0 Å². The number of nitrogens with two attached hydrogens (primary N) is 1. The second kappa shape index (κ2) is 8.43. The number of aromatic nitrogens is 2. The zero-order chi connectivity index (χ0) is 23.1. The molecule has 2 heterocycles. The van der Waals surface area contributed by atoms with Crippen molar-refractivity contribution in [2.24, 2.45) is 0 Å². The first-order chi connectivity index (χ1) is 16.7. The molecule has 0 unspecified atom stereocenters. The van der Waals surface area contributed by atoms with Gasteiger partial charge in [0.2, 0.25) is 5.95 Å². The molecule has 1 saturated heterocycles. The maximum Gasteiger partial charge on any atom is 0.262 e. The second-order valence-corrected chi connectivity index (χ2v) is 8.91. The Bertz CT molecular complexity index is 1560. The lowest BCUT2D eigenvalue weighted by atomic mass is 10.0. The highest BCUT2D eigenvalue weighted by atomic mass is 16.5. The van der Waals surface area contributed by atoms with E-state index in [1.165, 1.54) is 16.3 Å². The molecule has 0 aliphatic carbocycles. The van der Waals surface area contributed by atoms with Gasteiger partial charge in [-0.15, -0.1) is 0 Å². The van der Waals surface area contributed by atoms with Crippen molar-refractivity contribution in [2.75, 3.05) is 5.73 Å². The minimum Gasteiger partial charge on any atom is -0.369 e. The largest absolute Gasteiger partial charge is 0.369 e. The molecule has 2 atom stereocenters. The summed E-state index contributed by atoms with van der Waals surface area (Å²) >= 11 is 0. The van der Waals surface area contributed by atoms with Crippen LogP contribution in [0.4, 0.5) is 5.95 Å². The van der Waals surface area contributed by atoms with Gasteiger partial charge in [0, 0.05) is 0 Å². The van der Waals surface area contributed by atoms with Gasteiger partial charge in [0.25, 0.3) is 5.56 Å². The normalized spacial score (nSPS) is 18.0. The molecular formula is C29H25N3O2. The smallest absolute Gasteiger partial charge is 0.262 e. The molecule has 2 N–H and O–H groups in total. The van der Waals surface area contributed by atoms with Crippen LogP contribution in [0.15, 0.2) is 95.8 Å². The van der Waals surface area contributed by atoms with E-state index in [0.717, 1.165) is 24.0 Å². The number of ether oxygens (including phenoxy) is 1. The third-order valence-electron chi connectivity index (χ3n) is 6.73. The van der Waals surface area contributed by atoms with Crippen molar-refractivity contribution in [3.05, 3.63) is 107 Å². The van der Waals surface area contributed by atoms with Crippen molar-refractivity contribution >= 4 is 27.6 Å². The summed E-state index contributed by atoms with van der Waals surface area (Å²) in [4.78, 5) is 17.8. The van der Waals surface area contributed by atoms with E-state index in [1.807, 2.05) is 54.6 Å². The van der Waals surface area contributed by atoms with Crippen LogP contribution in [0.2, 0.25) is 0 Å². The van der Waals surface area contributed by atoms with E-state index >= 15 is 0 Å². The summed E-state index contributed by atoms with van der Waals surface area (Å²) in [5, 5.41) is 3.00. The maximum absolute atomic E-state index is 13.3. The van der Waals surface area contributed by atoms with Crippen molar-refractivity contribution < 1.29 is 4.74 Å². The fourth-order valence-corrected chi connectivity index (χ4v) is 4.92. The summed E-state index contributed by atoms with van der Waals surface area (Å²) in [5.74, 6) is 0.223. The molecule has 5 nitrogen and oxygen atoms in total. The van der Waals surface area contributed by atoms with Crippen LogP contribution < -0.4 is 11.3 Å². The fraction of sp³-hybridized carbons (Fsp3) is 0.172. The molecule has 0 amide bonds. The monoisotopic (exact) mass is 447 g/mol. The number of hydrogen-bond acceptors (Lipinski definition) is 4. The average Bonchev–Trinajstić information content (AvgIpc) is 3.35. The van der Waals surface area contributed by atoms with Gasteiger partial charge >= 0.3 is 0 Å². The number of benzene rings is 4. The van der Waals surface area contributed by atoms with E-state index in [-0.39, 0.29) is 23.7 Å². The molecule has 0 spiro atoms. The standard InChI is InChI=1S/C29H25N3O2/c30-29-31-26-17-22(19-6-2-1-3-7-19)12-14-25(26)28(33)32(29)18-24-13-15-27(34-24)23-11-10-20-8-4-5-9-21(20)16-23/h1-12,14,16-17,24,27H,13,15,18H2,(H2,30,31)/t24-,27+/m0/s1. The first-order valence-electron chi connectivity index (χ1n) is 11.7. The summed E-state index contributed by atoms with van der Waals surface area (Å²) < 4.78 is 7.91. The van der Waals surface area contributed by atoms with Crippen molar-refractivity contribution in [1.29, 1.82) is 0 Å². The zero-order valence-electron chi connectivity index (χ0n) is 18.7. The molecule has 168 valence electrons. The number of nitrogen functional groups attached to an aromatic ring is 1. The van der Waals surface area contributed by atoms with Gasteiger partial charge in [0.1, 0.15) is 0 Å². The van der Waals surface area contributed by atoms with Crippen molar-refractivity contribution in [1.82, 2.24) is 9.55 Å². The summed E-state index contributed by atoms with van der Waals surface area (Å²) in [6.07, 6.45) is 1.72. The quantitative estimate of drug-likeness (QED) is 0.383. The number of anilines is 1. The summed E-state index contributed by atoms with van der Waals surface area (Å²) in [6.45, 7) is 0.401. The summed E-state index contributed by atoms with van der Waals surface area (Å²) in [7, 11) is 0. The topological polar surface area (TPSA) is 70.1 Å². The van der Waals surface area contributed by atoms with E-state index in [1.54, 1.807) is 4.57 Å². The molecule has 0 saturated carbocycles. The minimum absolute atomic E-state index is 0.0216. The Kier molecular flexibility index (Phi) is 5.12. The Morgan fingerprint density at radius 3 is 2.50 bits per heavy atom. The van der Waals surface area contributed by atoms with Gasteiger partial charge < -0.3 is 10.5 Å². The maximum atomic E-state index is 13.3. The highest BCUT2D eigenvalue weighted by Gasteiger charge is 2.28. The Morgan fingerprint density at radius 1 is 0.853 bits per heavy atom. The lowest BCUT2D eigenvalue weighted by molar-refractivity contribution is 0.0349. The highest BCUT2D eigenvalue weighted by molar-refractivity contribution is 5.84. The third kappa shape index (κ3) is 3.74. The predicted molar refractivity (Wildman–Crippen MR) is 137 cm³/mol. The van der Waals surface area contributed by atoms with Gasteiger partial charge in [-0.3, -0.25) is 9.36 Å². The number of fused-ring (bicyclic) bond motifs is 2. The van der Waals surface area contributed by atoms with E-state index in [2.05, 4.69) is 41.4 Å². The molecule has 0 radical (unpaired) electrons. The van der Waals surface area contributed by atoms with Crippen LogP contribution in [0.3, 0.4) is 0 Å². The van der Waals surface area contributed by atoms with E-state index in [9.17, 15) is 4.79 Å².